The van der Waals surface area contributed by atoms with Crippen LogP contribution in [0.4, 0.5) is 13.2 Å². The molecular formula is C22H31F3N4O2. The van der Waals surface area contributed by atoms with E-state index in [1.165, 1.54) is 6.07 Å². The average Bonchev–Trinajstić information content (AvgIpc) is 3.42. The maximum atomic E-state index is 12.6. The maximum absolute atomic E-state index is 12.6. The van der Waals surface area contributed by atoms with E-state index in [1.54, 1.807) is 18.2 Å². The van der Waals surface area contributed by atoms with E-state index < -0.39 is 12.8 Å². The molecule has 2 N–H and O–H groups in total. The minimum absolute atomic E-state index is 0.129. The van der Waals surface area contributed by atoms with Crippen LogP contribution in [0.1, 0.15) is 44.6 Å². The zero-order chi connectivity index (χ0) is 22.3. The van der Waals surface area contributed by atoms with E-state index in [0.29, 0.717) is 25.6 Å². The van der Waals surface area contributed by atoms with Crippen LogP contribution in [0.5, 0.6) is 5.75 Å². The maximum Gasteiger partial charge on any atom is 0.422 e. The number of guanidine groups is 1. The summed E-state index contributed by atoms with van der Waals surface area (Å²) in [5.74, 6) is 1.26. The van der Waals surface area contributed by atoms with Crippen molar-refractivity contribution >= 4 is 11.9 Å². The van der Waals surface area contributed by atoms with Crippen molar-refractivity contribution in [3.8, 4) is 5.75 Å². The number of halogens is 3. The van der Waals surface area contributed by atoms with Crippen molar-refractivity contribution in [1.29, 1.82) is 0 Å². The summed E-state index contributed by atoms with van der Waals surface area (Å²) in [4.78, 5) is 19.1. The third-order valence-electron chi connectivity index (χ3n) is 5.61. The lowest BCUT2D eigenvalue weighted by Gasteiger charge is -2.21. The van der Waals surface area contributed by atoms with Crippen LogP contribution < -0.4 is 15.4 Å². The first-order valence-corrected chi connectivity index (χ1v) is 11.0. The largest absolute Gasteiger partial charge is 0.484 e. The molecule has 2 aliphatic rings. The Kier molecular flexibility index (Phi) is 8.03. The van der Waals surface area contributed by atoms with Gasteiger partial charge in [0.15, 0.2) is 12.6 Å². The normalized spacial score (nSPS) is 20.2. The van der Waals surface area contributed by atoms with Crippen molar-refractivity contribution in [1.82, 2.24) is 15.5 Å². The number of hydrogen-bond donors (Lipinski definition) is 2. The Balaban J connectivity index is 1.54. The fourth-order valence-electron chi connectivity index (χ4n) is 4.09. The number of hydrogen-bond acceptors (Lipinski definition) is 3. The molecule has 2 fully saturated rings. The summed E-state index contributed by atoms with van der Waals surface area (Å²) in [6, 6.07) is 6.64. The van der Waals surface area contributed by atoms with Gasteiger partial charge in [0.1, 0.15) is 5.75 Å². The highest BCUT2D eigenvalue weighted by molar-refractivity contribution is 5.81. The van der Waals surface area contributed by atoms with E-state index in [-0.39, 0.29) is 23.6 Å². The zero-order valence-corrected chi connectivity index (χ0v) is 17.9. The molecular weight excluding hydrogens is 409 g/mol. The van der Waals surface area contributed by atoms with Crippen LogP contribution in [0.15, 0.2) is 29.3 Å². The molecule has 0 radical (unpaired) electrons. The monoisotopic (exact) mass is 440 g/mol. The Morgan fingerprint density at radius 1 is 1.26 bits per heavy atom. The van der Waals surface area contributed by atoms with Crippen molar-refractivity contribution in [2.45, 2.75) is 57.8 Å². The van der Waals surface area contributed by atoms with Crippen LogP contribution in [0.25, 0.3) is 0 Å². The van der Waals surface area contributed by atoms with Gasteiger partial charge >= 0.3 is 6.18 Å². The second-order valence-electron chi connectivity index (χ2n) is 8.14. The molecule has 1 saturated carbocycles. The number of carbonyl (C=O) groups excluding carboxylic acids is 1. The van der Waals surface area contributed by atoms with Crippen molar-refractivity contribution in [3.05, 3.63) is 29.8 Å². The molecule has 1 unspecified atom stereocenters. The van der Waals surface area contributed by atoms with E-state index in [4.69, 9.17) is 4.74 Å². The number of carbonyl (C=O) groups is 1. The molecule has 1 amide bonds. The smallest absolute Gasteiger partial charge is 0.422 e. The van der Waals surface area contributed by atoms with Crippen molar-refractivity contribution in [2.75, 3.05) is 26.2 Å². The van der Waals surface area contributed by atoms with Gasteiger partial charge < -0.3 is 20.3 Å². The van der Waals surface area contributed by atoms with Gasteiger partial charge in [-0.1, -0.05) is 25.0 Å². The van der Waals surface area contributed by atoms with Crippen LogP contribution in [0.2, 0.25) is 0 Å². The molecule has 3 rings (SSSR count). The third kappa shape index (κ3) is 7.33. The second-order valence-corrected chi connectivity index (χ2v) is 8.14. The lowest BCUT2D eigenvalue weighted by Crippen LogP contribution is -2.45. The molecule has 1 saturated heterocycles. The van der Waals surface area contributed by atoms with Gasteiger partial charge in [0.05, 0.1) is 6.54 Å². The Labute approximate surface area is 181 Å². The Hall–Kier alpha value is -2.45. The number of benzene rings is 1. The molecule has 1 heterocycles. The lowest BCUT2D eigenvalue weighted by atomic mass is 10.1. The molecule has 0 bridgehead atoms. The zero-order valence-electron chi connectivity index (χ0n) is 17.9. The number of alkyl halides is 3. The molecule has 1 aliphatic heterocycles. The molecule has 31 heavy (non-hydrogen) atoms. The van der Waals surface area contributed by atoms with E-state index in [2.05, 4.69) is 15.6 Å². The van der Waals surface area contributed by atoms with Gasteiger partial charge in [-0.2, -0.15) is 13.2 Å². The summed E-state index contributed by atoms with van der Waals surface area (Å²) in [5, 5.41) is 6.58. The number of ether oxygens (including phenoxy) is 1. The van der Waals surface area contributed by atoms with Gasteiger partial charge in [-0.3, -0.25) is 4.79 Å². The van der Waals surface area contributed by atoms with Gasteiger partial charge in [0.25, 0.3) is 0 Å². The highest BCUT2D eigenvalue weighted by Crippen LogP contribution is 2.28. The van der Waals surface area contributed by atoms with E-state index in [9.17, 15) is 18.0 Å². The quantitative estimate of drug-likeness (QED) is 0.503. The Morgan fingerprint density at radius 3 is 2.74 bits per heavy atom. The molecule has 1 atom stereocenters. The fraction of sp³-hybridized carbons (Fsp3) is 0.636. The SMILES string of the molecule is CCNC(=NCc1cccc(OCC(F)(F)F)c1)NC1CCN(C(=O)C2CCCC2)C1. The summed E-state index contributed by atoms with van der Waals surface area (Å²) in [5.41, 5.74) is 0.751. The molecule has 172 valence electrons. The molecule has 0 spiro atoms. The van der Waals surface area contributed by atoms with Crippen LogP contribution in [0, 0.1) is 5.92 Å². The van der Waals surface area contributed by atoms with E-state index in [0.717, 1.165) is 44.2 Å². The van der Waals surface area contributed by atoms with E-state index >= 15 is 0 Å². The van der Waals surface area contributed by atoms with Crippen LogP contribution in [-0.2, 0) is 11.3 Å². The predicted octanol–water partition coefficient (Wildman–Crippen LogP) is 3.47. The highest BCUT2D eigenvalue weighted by Gasteiger charge is 2.32. The first-order valence-electron chi connectivity index (χ1n) is 11.0. The summed E-state index contributed by atoms with van der Waals surface area (Å²) >= 11 is 0. The van der Waals surface area contributed by atoms with Gasteiger partial charge in [-0.15, -0.1) is 0 Å². The van der Waals surface area contributed by atoms with Gasteiger partial charge in [-0.05, 0) is 43.9 Å². The number of nitrogens with one attached hydrogen (secondary N) is 2. The molecule has 9 heteroatoms. The standard InChI is InChI=1S/C22H31F3N4O2/c1-2-26-21(27-13-16-6-5-9-19(12-16)31-15-22(23,24)25)28-18-10-11-29(14-18)20(30)17-7-3-4-8-17/h5-6,9,12,17-18H,2-4,7-8,10-11,13-15H2,1H3,(H2,26,27,28). The molecule has 1 aromatic carbocycles. The molecule has 1 aromatic rings. The van der Waals surface area contributed by atoms with Crippen molar-refractivity contribution in [3.63, 3.8) is 0 Å². The molecule has 6 nitrogen and oxygen atoms in total. The number of likely N-dealkylation sites (tertiary alicyclic amines) is 1. The van der Waals surface area contributed by atoms with Crippen molar-refractivity contribution in [2.24, 2.45) is 10.9 Å². The second kappa shape index (κ2) is 10.7. The number of nitrogens with zero attached hydrogens (tertiary/aromatic N) is 2. The first-order chi connectivity index (χ1) is 14.8. The Morgan fingerprint density at radius 2 is 2.03 bits per heavy atom. The van der Waals surface area contributed by atoms with Crippen LogP contribution >= 0.6 is 0 Å². The molecule has 0 aromatic heterocycles. The topological polar surface area (TPSA) is 66.0 Å². The van der Waals surface area contributed by atoms with E-state index in [1.807, 2.05) is 11.8 Å². The summed E-state index contributed by atoms with van der Waals surface area (Å²) in [6.45, 7) is 3.05. The summed E-state index contributed by atoms with van der Waals surface area (Å²) in [7, 11) is 0. The Bertz CT molecular complexity index is 763. The van der Waals surface area contributed by atoms with Gasteiger partial charge in [0.2, 0.25) is 5.91 Å². The number of aliphatic imine (C=N–C) groups is 1. The summed E-state index contributed by atoms with van der Waals surface area (Å²) in [6.07, 6.45) is 0.790. The third-order valence-corrected chi connectivity index (χ3v) is 5.61. The minimum Gasteiger partial charge on any atom is -0.484 e. The predicted molar refractivity (Wildman–Crippen MR) is 113 cm³/mol. The number of amides is 1. The average molecular weight is 441 g/mol. The number of rotatable bonds is 7. The molecule has 1 aliphatic carbocycles. The van der Waals surface area contributed by atoms with Gasteiger partial charge in [-0.25, -0.2) is 4.99 Å². The van der Waals surface area contributed by atoms with Gasteiger partial charge in [0, 0.05) is 31.6 Å². The van der Waals surface area contributed by atoms with Crippen LogP contribution in [-0.4, -0.2) is 55.2 Å². The lowest BCUT2D eigenvalue weighted by molar-refractivity contribution is -0.153. The highest BCUT2D eigenvalue weighted by atomic mass is 19.4. The minimum atomic E-state index is -4.37. The first kappa shape index (κ1) is 23.2. The van der Waals surface area contributed by atoms with Crippen LogP contribution in [0.3, 0.4) is 0 Å². The summed E-state index contributed by atoms with van der Waals surface area (Å²) < 4.78 is 41.9. The van der Waals surface area contributed by atoms with Crippen molar-refractivity contribution < 1.29 is 22.7 Å². The fourth-order valence-corrected chi connectivity index (χ4v) is 4.09.